The van der Waals surface area contributed by atoms with Crippen molar-refractivity contribution in [1.29, 1.82) is 0 Å². The molecule has 0 spiro atoms. The van der Waals surface area contributed by atoms with Gasteiger partial charge in [-0.15, -0.1) is 0 Å². The second kappa shape index (κ2) is 6.59. The number of aromatic nitrogens is 1. The van der Waals surface area contributed by atoms with Crippen LogP contribution in [-0.4, -0.2) is 40.5 Å². The first-order chi connectivity index (χ1) is 10.8. The van der Waals surface area contributed by atoms with Crippen LogP contribution in [0.1, 0.15) is 27.2 Å². The first-order valence-electron chi connectivity index (χ1n) is 7.16. The number of nitrogens with zero attached hydrogens (tertiary/aromatic N) is 3. The molecule has 124 valence electrons. The van der Waals surface area contributed by atoms with Crippen molar-refractivity contribution in [1.82, 2.24) is 4.98 Å². The Balaban J connectivity index is 2.38. The average molecular weight is 323 g/mol. The minimum absolute atomic E-state index is 0.0467. The molecular weight excluding hydrogens is 306 g/mol. The molecular formula is C14H17N3O6. The van der Waals surface area contributed by atoms with Crippen LogP contribution in [0.15, 0.2) is 12.1 Å². The number of hydrogen-bond acceptors (Lipinski definition) is 7. The lowest BCUT2D eigenvalue weighted by Crippen LogP contribution is -2.48. The van der Waals surface area contributed by atoms with Crippen molar-refractivity contribution in [3.05, 3.63) is 22.2 Å². The minimum atomic E-state index is -0.766. The molecule has 0 aliphatic carbocycles. The van der Waals surface area contributed by atoms with Gasteiger partial charge in [-0.25, -0.2) is 0 Å². The van der Waals surface area contributed by atoms with E-state index in [1.807, 2.05) is 0 Å². The maximum Gasteiger partial charge on any atom is 0.366 e. The van der Waals surface area contributed by atoms with Crippen LogP contribution in [0, 0.1) is 10.1 Å². The van der Waals surface area contributed by atoms with Gasteiger partial charge in [0.15, 0.2) is 11.9 Å². The van der Waals surface area contributed by atoms with Crippen LogP contribution >= 0.6 is 0 Å². The molecule has 0 bridgehead atoms. The quantitative estimate of drug-likeness (QED) is 0.458. The third-order valence-electron chi connectivity index (χ3n) is 3.10. The molecule has 9 nitrogen and oxygen atoms in total. The van der Waals surface area contributed by atoms with Crippen LogP contribution in [0.2, 0.25) is 0 Å². The third kappa shape index (κ3) is 3.55. The highest BCUT2D eigenvalue weighted by Crippen LogP contribution is 2.34. The molecule has 0 fully saturated rings. The molecule has 2 heterocycles. The monoisotopic (exact) mass is 323 g/mol. The molecule has 0 aromatic carbocycles. The lowest BCUT2D eigenvalue weighted by atomic mass is 10.2. The summed E-state index contributed by atoms with van der Waals surface area (Å²) in [5.74, 6) is -1.36. The molecule has 1 amide bonds. The molecule has 0 saturated carbocycles. The van der Waals surface area contributed by atoms with Crippen molar-refractivity contribution >= 4 is 23.5 Å². The fraction of sp³-hybridized carbons (Fsp3) is 0.500. The molecule has 1 unspecified atom stereocenters. The van der Waals surface area contributed by atoms with E-state index < -0.39 is 28.7 Å². The molecule has 1 atom stereocenters. The summed E-state index contributed by atoms with van der Waals surface area (Å²) < 4.78 is 10.5. The van der Waals surface area contributed by atoms with Gasteiger partial charge in [0.2, 0.25) is 0 Å². The Hall–Kier alpha value is -2.71. The molecule has 0 saturated heterocycles. The van der Waals surface area contributed by atoms with Crippen molar-refractivity contribution in [3.63, 3.8) is 0 Å². The number of anilines is 1. The van der Waals surface area contributed by atoms with Crippen molar-refractivity contribution in [2.75, 3.05) is 11.4 Å². The molecule has 2 rings (SSSR count). The van der Waals surface area contributed by atoms with Crippen molar-refractivity contribution < 1.29 is 24.0 Å². The highest BCUT2D eigenvalue weighted by molar-refractivity contribution is 6.02. The van der Waals surface area contributed by atoms with E-state index in [9.17, 15) is 19.7 Å². The minimum Gasteiger partial charge on any atom is -0.474 e. The topological polar surface area (TPSA) is 112 Å². The Labute approximate surface area is 132 Å². The average Bonchev–Trinajstić information content (AvgIpc) is 2.48. The predicted molar refractivity (Wildman–Crippen MR) is 79.2 cm³/mol. The fourth-order valence-corrected chi connectivity index (χ4v) is 2.13. The molecule has 9 heteroatoms. The zero-order valence-corrected chi connectivity index (χ0v) is 13.0. The number of ether oxygens (including phenoxy) is 2. The lowest BCUT2D eigenvalue weighted by molar-refractivity contribution is -0.389. The number of nitro groups is 1. The summed E-state index contributed by atoms with van der Waals surface area (Å²) in [5.41, 5.74) is 0. The number of carbonyl (C=O) groups excluding carboxylic acids is 2. The van der Waals surface area contributed by atoms with E-state index in [1.54, 1.807) is 20.8 Å². The zero-order valence-electron chi connectivity index (χ0n) is 13.0. The Bertz CT molecular complexity index is 645. The summed E-state index contributed by atoms with van der Waals surface area (Å²) in [7, 11) is 0. The van der Waals surface area contributed by atoms with Gasteiger partial charge in [0.05, 0.1) is 6.10 Å². The molecule has 23 heavy (non-hydrogen) atoms. The predicted octanol–water partition coefficient (Wildman–Crippen LogP) is 1.45. The zero-order chi connectivity index (χ0) is 17.1. The molecule has 1 aromatic rings. The normalized spacial score (nSPS) is 16.8. The first-order valence-corrected chi connectivity index (χ1v) is 7.16. The van der Waals surface area contributed by atoms with Gasteiger partial charge >= 0.3 is 11.8 Å². The van der Waals surface area contributed by atoms with Crippen LogP contribution in [-0.2, 0) is 14.3 Å². The smallest absolute Gasteiger partial charge is 0.366 e. The van der Waals surface area contributed by atoms with E-state index in [0.717, 1.165) is 4.90 Å². The van der Waals surface area contributed by atoms with E-state index >= 15 is 0 Å². The van der Waals surface area contributed by atoms with Gasteiger partial charge in [0.25, 0.3) is 11.7 Å². The number of pyridine rings is 1. The van der Waals surface area contributed by atoms with Crippen LogP contribution in [0.5, 0.6) is 5.75 Å². The SMILES string of the molecule is CCC1Oc2ccc([N+](=O)[O-])nc2N(CC(=O)OC(C)C)C1=O. The molecule has 0 N–H and O–H groups in total. The number of carbonyl (C=O) groups is 2. The highest BCUT2D eigenvalue weighted by Gasteiger charge is 2.39. The van der Waals surface area contributed by atoms with Gasteiger partial charge in [-0.3, -0.25) is 14.5 Å². The van der Waals surface area contributed by atoms with E-state index in [1.165, 1.54) is 12.1 Å². The van der Waals surface area contributed by atoms with Crippen molar-refractivity contribution in [3.8, 4) is 5.75 Å². The van der Waals surface area contributed by atoms with E-state index in [4.69, 9.17) is 9.47 Å². The molecule has 1 aromatic heterocycles. The second-order valence-corrected chi connectivity index (χ2v) is 5.23. The largest absolute Gasteiger partial charge is 0.474 e. The first kappa shape index (κ1) is 16.7. The Kier molecular flexibility index (Phi) is 4.77. The van der Waals surface area contributed by atoms with Crippen LogP contribution < -0.4 is 9.64 Å². The summed E-state index contributed by atoms with van der Waals surface area (Å²) in [5, 5.41) is 10.9. The standard InChI is InChI=1S/C14H17N3O6/c1-4-9-14(19)16(7-12(18)22-8(2)3)13-10(23-9)5-6-11(15-13)17(20)21/h5-6,8-9H,4,7H2,1-3H3. The highest BCUT2D eigenvalue weighted by atomic mass is 16.6. The number of hydrogen-bond donors (Lipinski definition) is 0. The third-order valence-corrected chi connectivity index (χ3v) is 3.10. The van der Waals surface area contributed by atoms with Crippen LogP contribution in [0.3, 0.4) is 0 Å². The molecule has 1 aliphatic heterocycles. The summed E-state index contributed by atoms with van der Waals surface area (Å²) in [6, 6.07) is 2.56. The van der Waals surface area contributed by atoms with Gasteiger partial charge in [0, 0.05) is 6.07 Å². The number of amides is 1. The Morgan fingerprint density at radius 3 is 2.78 bits per heavy atom. The van der Waals surface area contributed by atoms with E-state index in [0.29, 0.717) is 6.42 Å². The van der Waals surface area contributed by atoms with Crippen molar-refractivity contribution in [2.24, 2.45) is 0 Å². The Morgan fingerprint density at radius 1 is 1.52 bits per heavy atom. The van der Waals surface area contributed by atoms with Gasteiger partial charge in [-0.1, -0.05) is 6.92 Å². The summed E-state index contributed by atoms with van der Waals surface area (Å²) in [6.07, 6.45) is -0.707. The van der Waals surface area contributed by atoms with Gasteiger partial charge in [0.1, 0.15) is 6.54 Å². The van der Waals surface area contributed by atoms with Crippen molar-refractivity contribution in [2.45, 2.75) is 39.4 Å². The summed E-state index contributed by atoms with van der Waals surface area (Å²) in [6.45, 7) is 4.75. The van der Waals surface area contributed by atoms with Crippen LogP contribution in [0.4, 0.5) is 11.6 Å². The van der Waals surface area contributed by atoms with Gasteiger partial charge in [-0.05, 0) is 36.2 Å². The number of esters is 1. The molecule has 0 radical (unpaired) electrons. The van der Waals surface area contributed by atoms with Crippen LogP contribution in [0.25, 0.3) is 0 Å². The van der Waals surface area contributed by atoms with Gasteiger partial charge in [-0.2, -0.15) is 0 Å². The Morgan fingerprint density at radius 2 is 2.22 bits per heavy atom. The van der Waals surface area contributed by atoms with E-state index in [-0.39, 0.29) is 24.2 Å². The van der Waals surface area contributed by atoms with Gasteiger partial charge < -0.3 is 19.6 Å². The molecule has 1 aliphatic rings. The fourth-order valence-electron chi connectivity index (χ4n) is 2.13. The number of fused-ring (bicyclic) bond motifs is 1. The second-order valence-electron chi connectivity index (χ2n) is 5.23. The maximum atomic E-state index is 12.4. The lowest BCUT2D eigenvalue weighted by Gasteiger charge is -2.30. The number of rotatable bonds is 5. The summed E-state index contributed by atoms with van der Waals surface area (Å²) in [4.78, 5) is 39.4. The summed E-state index contributed by atoms with van der Waals surface area (Å²) >= 11 is 0. The maximum absolute atomic E-state index is 12.4. The van der Waals surface area contributed by atoms with E-state index in [2.05, 4.69) is 4.98 Å².